The maximum absolute atomic E-state index is 13.7. The lowest BCUT2D eigenvalue weighted by Gasteiger charge is -2.36. The first kappa shape index (κ1) is 36.2. The number of alkyl halides is 3. The van der Waals surface area contributed by atoms with Gasteiger partial charge in [0.25, 0.3) is 5.91 Å². The first-order valence-electron chi connectivity index (χ1n) is 12.4. The molecule has 0 saturated carbocycles. The van der Waals surface area contributed by atoms with Crippen molar-refractivity contribution in [3.8, 4) is 0 Å². The number of halogens is 4. The molecule has 0 aromatic heterocycles. The molecule has 0 fully saturated rings. The van der Waals surface area contributed by atoms with Crippen LogP contribution >= 0.6 is 22.6 Å². The third kappa shape index (κ3) is 11.1. The summed E-state index contributed by atoms with van der Waals surface area (Å²) in [4.78, 5) is 48.7. The molecule has 41 heavy (non-hydrogen) atoms. The van der Waals surface area contributed by atoms with Gasteiger partial charge in [0.15, 0.2) is 0 Å². The minimum absolute atomic E-state index is 0.0415. The van der Waals surface area contributed by atoms with Gasteiger partial charge in [-0.05, 0) is 66.0 Å². The van der Waals surface area contributed by atoms with E-state index in [1.54, 1.807) is 50.4 Å². The van der Waals surface area contributed by atoms with Gasteiger partial charge in [0.05, 0.1) is 24.7 Å². The molecule has 0 aliphatic carbocycles. The van der Waals surface area contributed by atoms with Crippen LogP contribution in [0.4, 0.5) is 22.8 Å². The average Bonchev–Trinajstić information content (AvgIpc) is 2.84. The van der Waals surface area contributed by atoms with Crippen molar-refractivity contribution in [3.63, 3.8) is 0 Å². The number of nitrogens with one attached hydrogen (secondary N) is 5. The molecule has 0 heterocycles. The Morgan fingerprint density at radius 3 is 1.95 bits per heavy atom. The van der Waals surface area contributed by atoms with E-state index in [9.17, 15) is 37.5 Å². The fraction of sp³-hybridized carbons (Fsp3) is 0.600. The van der Waals surface area contributed by atoms with Crippen molar-refractivity contribution >= 4 is 46.6 Å². The maximum Gasteiger partial charge on any atom is 0.407 e. The van der Waals surface area contributed by atoms with Crippen molar-refractivity contribution < 1.29 is 47.3 Å². The number of hydrogen-bond donors (Lipinski definition) is 7. The number of carbonyl (C=O) groups excluding carboxylic acids is 3. The molecule has 7 N–H and O–H groups in total. The van der Waals surface area contributed by atoms with Crippen LogP contribution in [-0.4, -0.2) is 78.3 Å². The Morgan fingerprint density at radius 1 is 0.927 bits per heavy atom. The summed E-state index contributed by atoms with van der Waals surface area (Å²) < 4.78 is 46.6. The fourth-order valence-electron chi connectivity index (χ4n) is 3.59. The Balaban J connectivity index is 3.15. The highest BCUT2D eigenvalue weighted by atomic mass is 127. The zero-order valence-electron chi connectivity index (χ0n) is 23.5. The summed E-state index contributed by atoms with van der Waals surface area (Å²) in [6.07, 6.45) is -9.14. The van der Waals surface area contributed by atoms with Crippen molar-refractivity contribution in [2.24, 2.45) is 10.8 Å². The lowest BCUT2D eigenvalue weighted by atomic mass is 9.82. The number of carbonyl (C=O) groups is 4. The van der Waals surface area contributed by atoms with Crippen LogP contribution < -0.4 is 26.8 Å². The van der Waals surface area contributed by atoms with E-state index in [2.05, 4.69) is 48.8 Å². The quantitative estimate of drug-likeness (QED) is 0.128. The van der Waals surface area contributed by atoms with E-state index in [4.69, 9.17) is 5.11 Å². The van der Waals surface area contributed by atoms with Crippen LogP contribution in [-0.2, 0) is 20.7 Å². The summed E-state index contributed by atoms with van der Waals surface area (Å²) in [5, 5.41) is 26.4. The summed E-state index contributed by atoms with van der Waals surface area (Å²) in [6, 6.07) is 2.40. The summed E-state index contributed by atoms with van der Waals surface area (Å²) >= 11 is 2.07. The molecule has 16 heteroatoms. The number of aliphatic hydroxyl groups is 1. The minimum atomic E-state index is -4.95. The molecule has 4 atom stereocenters. The monoisotopic (exact) mass is 703 g/mol. The second-order valence-electron chi connectivity index (χ2n) is 10.9. The number of amides is 4. The van der Waals surface area contributed by atoms with Gasteiger partial charge in [-0.3, -0.25) is 15.0 Å². The summed E-state index contributed by atoms with van der Waals surface area (Å²) in [7, 11) is 1.13. The highest BCUT2D eigenvalue weighted by Crippen LogP contribution is 2.40. The molecule has 4 amide bonds. The zero-order chi connectivity index (χ0) is 31.8. The zero-order valence-corrected chi connectivity index (χ0v) is 25.6. The number of hydrogen-bond acceptors (Lipinski definition) is 7. The van der Waals surface area contributed by atoms with Crippen LogP contribution in [0, 0.1) is 14.4 Å². The van der Waals surface area contributed by atoms with Gasteiger partial charge in [0.2, 0.25) is 5.91 Å². The first-order chi connectivity index (χ1) is 18.7. The third-order valence-electron chi connectivity index (χ3n) is 6.24. The number of benzene rings is 1. The van der Waals surface area contributed by atoms with Crippen LogP contribution in [0.5, 0.6) is 0 Å². The van der Waals surface area contributed by atoms with Gasteiger partial charge in [-0.25, -0.2) is 15.0 Å². The lowest BCUT2D eigenvalue weighted by molar-refractivity contribution is -0.220. The molecular formula is C25H37F3IN5O7. The van der Waals surface area contributed by atoms with Gasteiger partial charge < -0.3 is 30.9 Å². The van der Waals surface area contributed by atoms with Crippen molar-refractivity contribution in [1.82, 2.24) is 26.8 Å². The maximum atomic E-state index is 13.7. The van der Waals surface area contributed by atoms with Crippen LogP contribution in [0.15, 0.2) is 24.3 Å². The molecule has 4 unspecified atom stereocenters. The Hall–Kier alpha value is -2.86. The molecule has 0 aliphatic heterocycles. The molecule has 232 valence electrons. The van der Waals surface area contributed by atoms with Crippen LogP contribution in [0.25, 0.3) is 0 Å². The van der Waals surface area contributed by atoms with E-state index in [-0.39, 0.29) is 13.0 Å². The summed E-state index contributed by atoms with van der Waals surface area (Å²) in [5.74, 6) is -1.98. The van der Waals surface area contributed by atoms with Gasteiger partial charge in [0.1, 0.15) is 12.1 Å². The standard InChI is InChI=1S/C25H37F3IN5O7/c1-23(2,3)17(33-22(40)41-6)20(37)34-30-12-16(35)15(11-13-7-9-14(29)10-8-13)31-19(36)18(32-21(38)39)24(4,5)25(26,27)28/h7-10,15-18,30,32,35H,11-12H2,1-6H3,(H,31,36)(H,33,40)(H,34,37)(H,38,39). The SMILES string of the molecule is COC(=O)NC(C(=O)NNCC(O)C(Cc1ccc(I)cc1)NC(=O)C(NC(=O)O)C(C)(C)C(F)(F)F)C(C)(C)C. The molecule has 12 nitrogen and oxygen atoms in total. The molecule has 0 aliphatic rings. The lowest BCUT2D eigenvalue weighted by Crippen LogP contribution is -2.62. The Morgan fingerprint density at radius 2 is 1.49 bits per heavy atom. The Bertz CT molecular complexity index is 1070. The number of hydrazine groups is 1. The van der Waals surface area contributed by atoms with Gasteiger partial charge in [-0.2, -0.15) is 13.2 Å². The smallest absolute Gasteiger partial charge is 0.407 e. The Labute approximate surface area is 249 Å². The van der Waals surface area contributed by atoms with Crippen LogP contribution in [0.3, 0.4) is 0 Å². The number of methoxy groups -OCH3 is 1. The van der Waals surface area contributed by atoms with Crippen molar-refractivity contribution in [1.29, 1.82) is 0 Å². The average molecular weight is 703 g/mol. The Kier molecular flexibility index (Phi) is 13.1. The second kappa shape index (κ2) is 14.9. The number of rotatable bonds is 12. The molecule has 0 bridgehead atoms. The van der Waals surface area contributed by atoms with E-state index >= 15 is 0 Å². The topological polar surface area (TPSA) is 178 Å². The molecule has 1 aromatic rings. The predicted molar refractivity (Wildman–Crippen MR) is 151 cm³/mol. The molecule has 1 rings (SSSR count). The van der Waals surface area contributed by atoms with Crippen molar-refractivity contribution in [3.05, 3.63) is 33.4 Å². The van der Waals surface area contributed by atoms with Crippen molar-refractivity contribution in [2.45, 2.75) is 71.4 Å². The normalized spacial score (nSPS) is 15.1. The van der Waals surface area contributed by atoms with Crippen LogP contribution in [0.2, 0.25) is 0 Å². The van der Waals surface area contributed by atoms with E-state index in [1.807, 2.05) is 0 Å². The second-order valence-corrected chi connectivity index (χ2v) is 12.2. The highest BCUT2D eigenvalue weighted by molar-refractivity contribution is 14.1. The first-order valence-corrected chi connectivity index (χ1v) is 13.4. The number of ether oxygens (including phenoxy) is 1. The summed E-state index contributed by atoms with van der Waals surface area (Å²) in [6.45, 7) is 6.07. The predicted octanol–water partition coefficient (Wildman–Crippen LogP) is 2.30. The summed E-state index contributed by atoms with van der Waals surface area (Å²) in [5.41, 5.74) is 1.94. The van der Waals surface area contributed by atoms with Gasteiger partial charge in [0, 0.05) is 10.1 Å². The number of alkyl carbamates (subject to hydrolysis) is 1. The largest absolute Gasteiger partial charge is 0.465 e. The van der Waals surface area contributed by atoms with Crippen molar-refractivity contribution in [2.75, 3.05) is 13.7 Å². The highest BCUT2D eigenvalue weighted by Gasteiger charge is 2.55. The van der Waals surface area contributed by atoms with Gasteiger partial charge in [-0.1, -0.05) is 32.9 Å². The molecule has 1 aromatic carbocycles. The van der Waals surface area contributed by atoms with E-state index < -0.39 is 65.2 Å². The van der Waals surface area contributed by atoms with E-state index in [0.717, 1.165) is 10.7 Å². The third-order valence-corrected chi connectivity index (χ3v) is 6.96. The molecular weight excluding hydrogens is 666 g/mol. The van der Waals surface area contributed by atoms with Gasteiger partial charge >= 0.3 is 18.4 Å². The van der Waals surface area contributed by atoms with Gasteiger partial charge in [-0.15, -0.1) is 0 Å². The number of aliphatic hydroxyl groups excluding tert-OH is 1. The number of carboxylic acid groups (broad SMARTS) is 1. The fourth-order valence-corrected chi connectivity index (χ4v) is 3.95. The van der Waals surface area contributed by atoms with E-state index in [1.165, 1.54) is 0 Å². The molecule has 0 spiro atoms. The molecule has 0 saturated heterocycles. The molecule has 0 radical (unpaired) electrons. The van der Waals surface area contributed by atoms with E-state index in [0.29, 0.717) is 19.4 Å². The van der Waals surface area contributed by atoms with Crippen LogP contribution in [0.1, 0.15) is 40.2 Å². The minimum Gasteiger partial charge on any atom is -0.465 e.